The maximum atomic E-state index is 12.0. The number of fused-ring (bicyclic) bond motifs is 1. The van der Waals surface area contributed by atoms with Crippen LogP contribution in [0.1, 0.15) is 31.2 Å². The molecule has 0 unspecified atom stereocenters. The lowest BCUT2D eigenvalue weighted by molar-refractivity contribution is -0.131. The summed E-state index contributed by atoms with van der Waals surface area (Å²) in [7, 11) is 0. The lowest BCUT2D eigenvalue weighted by Gasteiger charge is -2.26. The van der Waals surface area contributed by atoms with Gasteiger partial charge < -0.3 is 14.4 Å². The molecule has 2 heterocycles. The first kappa shape index (κ1) is 14.0. The van der Waals surface area contributed by atoms with Crippen LogP contribution in [0.3, 0.4) is 0 Å². The summed E-state index contributed by atoms with van der Waals surface area (Å²) in [5.41, 5.74) is 1.17. The van der Waals surface area contributed by atoms with Gasteiger partial charge in [0.2, 0.25) is 12.7 Å². The Kier molecular flexibility index (Phi) is 4.43. The first-order valence-electron chi connectivity index (χ1n) is 7.64. The predicted molar refractivity (Wildman–Crippen MR) is 80.5 cm³/mol. The third-order valence-corrected chi connectivity index (χ3v) is 3.96. The Morgan fingerprint density at radius 2 is 1.90 bits per heavy atom. The summed E-state index contributed by atoms with van der Waals surface area (Å²) in [6, 6.07) is 5.97. The van der Waals surface area contributed by atoms with Crippen LogP contribution in [0.4, 0.5) is 0 Å². The highest BCUT2D eigenvalue weighted by Gasteiger charge is 2.15. The molecule has 2 aliphatic heterocycles. The second-order valence-corrected chi connectivity index (χ2v) is 5.51. The number of hydrogen-bond acceptors (Lipinski definition) is 3. The van der Waals surface area contributed by atoms with Crippen LogP contribution in [0, 0.1) is 0 Å². The summed E-state index contributed by atoms with van der Waals surface area (Å²) in [6.07, 6.45) is 8.89. The van der Waals surface area contributed by atoms with E-state index in [1.54, 1.807) is 0 Å². The molecule has 4 heteroatoms. The van der Waals surface area contributed by atoms with Gasteiger partial charge in [0.05, 0.1) is 0 Å². The van der Waals surface area contributed by atoms with E-state index in [4.69, 9.17) is 9.47 Å². The van der Waals surface area contributed by atoms with Crippen LogP contribution < -0.4 is 9.47 Å². The molecule has 1 saturated heterocycles. The van der Waals surface area contributed by atoms with E-state index in [0.29, 0.717) is 13.2 Å². The number of benzene rings is 1. The number of rotatable bonds is 4. The van der Waals surface area contributed by atoms with Crippen LogP contribution in [0.5, 0.6) is 11.5 Å². The maximum absolute atomic E-state index is 12.0. The molecule has 0 bridgehead atoms. The zero-order chi connectivity index (χ0) is 14.5. The average Bonchev–Trinajstić information content (AvgIpc) is 3.00. The second-order valence-electron chi connectivity index (χ2n) is 5.51. The monoisotopic (exact) mass is 287 g/mol. The van der Waals surface area contributed by atoms with Crippen molar-refractivity contribution < 1.29 is 14.3 Å². The van der Waals surface area contributed by atoms with Crippen molar-refractivity contribution in [3.63, 3.8) is 0 Å². The molecule has 0 atom stereocenters. The van der Waals surface area contributed by atoms with Gasteiger partial charge in [-0.1, -0.05) is 18.2 Å². The molecule has 0 aliphatic carbocycles. The van der Waals surface area contributed by atoms with Crippen molar-refractivity contribution in [2.45, 2.75) is 32.1 Å². The van der Waals surface area contributed by atoms with Crippen molar-refractivity contribution >= 4 is 5.91 Å². The van der Waals surface area contributed by atoms with Gasteiger partial charge in [-0.3, -0.25) is 4.79 Å². The van der Waals surface area contributed by atoms with Crippen molar-refractivity contribution in [3.05, 3.63) is 35.9 Å². The molecule has 0 spiro atoms. The van der Waals surface area contributed by atoms with E-state index < -0.39 is 0 Å². The van der Waals surface area contributed by atoms with E-state index in [-0.39, 0.29) is 5.91 Å². The van der Waals surface area contributed by atoms with Crippen molar-refractivity contribution in [3.8, 4) is 11.5 Å². The Morgan fingerprint density at radius 3 is 2.76 bits per heavy atom. The molecule has 0 radical (unpaired) electrons. The highest BCUT2D eigenvalue weighted by atomic mass is 16.7. The Balaban J connectivity index is 1.47. The van der Waals surface area contributed by atoms with Gasteiger partial charge in [-0.15, -0.1) is 0 Å². The fraction of sp³-hybridized carbons (Fsp3) is 0.471. The second kappa shape index (κ2) is 6.66. The number of carbonyl (C=O) groups excluding carboxylic acids is 1. The molecule has 0 saturated carbocycles. The zero-order valence-corrected chi connectivity index (χ0v) is 12.2. The lowest BCUT2D eigenvalue weighted by atomic mass is 10.1. The Bertz CT molecular complexity index is 533. The zero-order valence-electron chi connectivity index (χ0n) is 12.2. The summed E-state index contributed by atoms with van der Waals surface area (Å²) in [5, 5.41) is 0. The van der Waals surface area contributed by atoms with E-state index in [0.717, 1.165) is 43.9 Å². The largest absolute Gasteiger partial charge is 0.454 e. The first-order chi connectivity index (χ1) is 10.3. The van der Waals surface area contributed by atoms with E-state index in [2.05, 4.69) is 6.08 Å². The van der Waals surface area contributed by atoms with Gasteiger partial charge >= 0.3 is 0 Å². The van der Waals surface area contributed by atoms with E-state index in [9.17, 15) is 4.79 Å². The fourth-order valence-electron chi connectivity index (χ4n) is 2.74. The predicted octanol–water partition coefficient (Wildman–Crippen LogP) is 2.92. The molecule has 112 valence electrons. The molecule has 1 aromatic rings. The van der Waals surface area contributed by atoms with Gasteiger partial charge in [0.15, 0.2) is 11.5 Å². The van der Waals surface area contributed by atoms with E-state index in [1.165, 1.54) is 12.0 Å². The number of likely N-dealkylation sites (tertiary alicyclic amines) is 1. The van der Waals surface area contributed by atoms with Crippen molar-refractivity contribution in [2.24, 2.45) is 0 Å². The van der Waals surface area contributed by atoms with Gasteiger partial charge in [0, 0.05) is 19.5 Å². The summed E-state index contributed by atoms with van der Waals surface area (Å²) in [4.78, 5) is 14.0. The number of allylic oxidation sites excluding steroid dienone is 1. The van der Waals surface area contributed by atoms with Crippen molar-refractivity contribution in [1.29, 1.82) is 0 Å². The first-order valence-corrected chi connectivity index (χ1v) is 7.64. The highest BCUT2D eigenvalue weighted by Crippen LogP contribution is 2.32. The molecule has 0 N–H and O–H groups in total. The smallest absolute Gasteiger partial charge is 0.231 e. The number of hydrogen-bond donors (Lipinski definition) is 0. The van der Waals surface area contributed by atoms with Crippen LogP contribution >= 0.6 is 0 Å². The molecule has 3 rings (SSSR count). The topological polar surface area (TPSA) is 38.8 Å². The molecule has 4 nitrogen and oxygen atoms in total. The van der Waals surface area contributed by atoms with Crippen LogP contribution in [0.2, 0.25) is 0 Å². The van der Waals surface area contributed by atoms with Gasteiger partial charge in [0.25, 0.3) is 0 Å². The summed E-state index contributed by atoms with van der Waals surface area (Å²) in [6.45, 7) is 2.16. The Morgan fingerprint density at radius 1 is 1.10 bits per heavy atom. The van der Waals surface area contributed by atoms with Crippen LogP contribution in [0.15, 0.2) is 30.4 Å². The highest BCUT2D eigenvalue weighted by molar-refractivity contribution is 5.77. The minimum absolute atomic E-state index is 0.247. The third kappa shape index (κ3) is 3.57. The molecule has 0 aromatic heterocycles. The van der Waals surface area contributed by atoms with E-state index >= 15 is 0 Å². The molecule has 1 aromatic carbocycles. The van der Waals surface area contributed by atoms with Crippen molar-refractivity contribution in [2.75, 3.05) is 19.9 Å². The van der Waals surface area contributed by atoms with Crippen LogP contribution in [-0.4, -0.2) is 30.7 Å². The summed E-state index contributed by atoms with van der Waals surface area (Å²) < 4.78 is 10.6. The summed E-state index contributed by atoms with van der Waals surface area (Å²) >= 11 is 0. The minimum atomic E-state index is 0.247. The quantitative estimate of drug-likeness (QED) is 0.799. The molecular weight excluding hydrogens is 266 g/mol. The SMILES string of the molecule is O=C(C/C=C/Cc1ccc2c(c1)OCO2)N1CCCCC1. The molecule has 21 heavy (non-hydrogen) atoms. The van der Waals surface area contributed by atoms with Gasteiger partial charge in [0.1, 0.15) is 0 Å². The molecule has 1 amide bonds. The van der Waals surface area contributed by atoms with Crippen LogP contribution in [-0.2, 0) is 11.2 Å². The van der Waals surface area contributed by atoms with Gasteiger partial charge in [-0.05, 0) is 43.4 Å². The number of nitrogens with zero attached hydrogens (tertiary/aromatic N) is 1. The average molecular weight is 287 g/mol. The molecule has 2 aliphatic rings. The number of ether oxygens (including phenoxy) is 2. The number of carbonyl (C=O) groups is 1. The molecular formula is C17H21NO3. The van der Waals surface area contributed by atoms with Gasteiger partial charge in [-0.2, -0.15) is 0 Å². The van der Waals surface area contributed by atoms with E-state index in [1.807, 2.05) is 29.2 Å². The number of piperidine rings is 1. The number of amides is 1. The lowest BCUT2D eigenvalue weighted by Crippen LogP contribution is -2.35. The third-order valence-electron chi connectivity index (χ3n) is 3.96. The standard InChI is InChI=1S/C17H21NO3/c19-17(18-10-4-1-5-11-18)7-3-2-6-14-8-9-15-16(12-14)21-13-20-15/h2-3,8-9,12H,1,4-7,10-11,13H2/b3-2+. The fourth-order valence-corrected chi connectivity index (χ4v) is 2.74. The molecule has 1 fully saturated rings. The minimum Gasteiger partial charge on any atom is -0.454 e. The normalized spacial score (nSPS) is 17.4. The van der Waals surface area contributed by atoms with Crippen LogP contribution in [0.25, 0.3) is 0 Å². The maximum Gasteiger partial charge on any atom is 0.231 e. The Labute approximate surface area is 125 Å². The summed E-state index contributed by atoms with van der Waals surface area (Å²) in [5.74, 6) is 1.87. The van der Waals surface area contributed by atoms with Gasteiger partial charge in [-0.25, -0.2) is 0 Å². The van der Waals surface area contributed by atoms with Crippen molar-refractivity contribution in [1.82, 2.24) is 4.90 Å². The Hall–Kier alpha value is -1.97.